The maximum atomic E-state index is 12.9. The van der Waals surface area contributed by atoms with Gasteiger partial charge in [0.25, 0.3) is 10.0 Å². The number of aliphatic hydroxyl groups excluding tert-OH is 1. The second-order valence-electron chi connectivity index (χ2n) is 3.66. The van der Waals surface area contributed by atoms with E-state index in [9.17, 15) is 12.8 Å². The van der Waals surface area contributed by atoms with E-state index < -0.39 is 15.8 Å². The lowest BCUT2D eigenvalue weighted by Crippen LogP contribution is -2.11. The molecule has 0 aliphatic rings. The number of benzene rings is 1. The second kappa shape index (κ2) is 5.46. The number of rotatable bonds is 4. The molecule has 0 unspecified atom stereocenters. The average molecular weight is 322 g/mol. The lowest BCUT2D eigenvalue weighted by Gasteiger charge is -2.07. The van der Waals surface area contributed by atoms with Gasteiger partial charge in [0.05, 0.1) is 17.3 Å². The van der Waals surface area contributed by atoms with Crippen molar-refractivity contribution >= 4 is 38.6 Å². The molecule has 0 bridgehead atoms. The summed E-state index contributed by atoms with van der Waals surface area (Å²) in [6, 6.07) is 4.74. The highest BCUT2D eigenvalue weighted by Gasteiger charge is 2.18. The molecule has 1 heterocycles. The molecule has 0 spiro atoms. The van der Waals surface area contributed by atoms with Crippen LogP contribution >= 0.6 is 22.9 Å². The molecule has 0 aliphatic carbocycles. The van der Waals surface area contributed by atoms with Crippen LogP contribution in [0.3, 0.4) is 0 Å². The molecule has 2 N–H and O–H groups in total. The van der Waals surface area contributed by atoms with Crippen LogP contribution in [0.2, 0.25) is 5.02 Å². The standard InChI is InChI=1S/C11H9ClFNO3S2/c12-9-4-8(13)1-2-10(9)14-19(16,17)11-3-7(5-15)6-18-11/h1-4,6,14-15H,5H2. The normalized spacial score (nSPS) is 11.5. The van der Waals surface area contributed by atoms with E-state index in [0.717, 1.165) is 23.5 Å². The molecule has 0 atom stereocenters. The lowest BCUT2D eigenvalue weighted by molar-refractivity contribution is 0.282. The quantitative estimate of drug-likeness (QED) is 0.910. The summed E-state index contributed by atoms with van der Waals surface area (Å²) < 4.78 is 39.3. The maximum absolute atomic E-state index is 12.9. The van der Waals surface area contributed by atoms with Crippen molar-refractivity contribution in [1.29, 1.82) is 0 Å². The number of aliphatic hydroxyl groups is 1. The van der Waals surface area contributed by atoms with E-state index in [1.807, 2.05) is 0 Å². The van der Waals surface area contributed by atoms with Gasteiger partial charge in [-0.3, -0.25) is 4.72 Å². The SMILES string of the molecule is O=S(=O)(Nc1ccc(F)cc1Cl)c1cc(CO)cs1. The van der Waals surface area contributed by atoms with Crippen molar-refractivity contribution in [2.24, 2.45) is 0 Å². The van der Waals surface area contributed by atoms with E-state index in [-0.39, 0.29) is 21.5 Å². The van der Waals surface area contributed by atoms with Gasteiger partial charge in [-0.1, -0.05) is 11.6 Å². The lowest BCUT2D eigenvalue weighted by atomic mass is 10.3. The number of sulfonamides is 1. The molecule has 0 fully saturated rings. The fraction of sp³-hybridized carbons (Fsp3) is 0.0909. The minimum atomic E-state index is -3.79. The van der Waals surface area contributed by atoms with Crippen LogP contribution in [0.25, 0.3) is 0 Å². The molecule has 1 aromatic carbocycles. The average Bonchev–Trinajstić information content (AvgIpc) is 2.82. The van der Waals surface area contributed by atoms with Crippen LogP contribution in [-0.2, 0) is 16.6 Å². The number of hydrogen-bond acceptors (Lipinski definition) is 4. The largest absolute Gasteiger partial charge is 0.392 e. The molecule has 19 heavy (non-hydrogen) atoms. The highest BCUT2D eigenvalue weighted by Crippen LogP contribution is 2.27. The van der Waals surface area contributed by atoms with Gasteiger partial charge in [-0.05, 0) is 35.2 Å². The van der Waals surface area contributed by atoms with Crippen LogP contribution in [-0.4, -0.2) is 13.5 Å². The smallest absolute Gasteiger partial charge is 0.271 e. The number of halogens is 2. The van der Waals surface area contributed by atoms with E-state index in [4.69, 9.17) is 16.7 Å². The van der Waals surface area contributed by atoms with E-state index in [0.29, 0.717) is 5.56 Å². The predicted octanol–water partition coefficient (Wildman–Crippen LogP) is 2.83. The van der Waals surface area contributed by atoms with Gasteiger partial charge in [-0.25, -0.2) is 12.8 Å². The first-order valence-corrected chi connectivity index (χ1v) is 7.82. The third-order valence-corrected chi connectivity index (χ3v) is 5.42. The number of anilines is 1. The Morgan fingerprint density at radius 1 is 1.37 bits per heavy atom. The molecule has 0 amide bonds. The predicted molar refractivity (Wildman–Crippen MR) is 72.5 cm³/mol. The second-order valence-corrected chi connectivity index (χ2v) is 6.89. The number of hydrogen-bond donors (Lipinski definition) is 2. The Hall–Kier alpha value is -1.15. The summed E-state index contributed by atoms with van der Waals surface area (Å²) in [6.45, 7) is -0.233. The van der Waals surface area contributed by atoms with E-state index in [1.54, 1.807) is 5.38 Å². The summed E-state index contributed by atoms with van der Waals surface area (Å²) in [5.74, 6) is -0.549. The third-order valence-electron chi connectivity index (χ3n) is 2.25. The summed E-state index contributed by atoms with van der Waals surface area (Å²) >= 11 is 6.73. The highest BCUT2D eigenvalue weighted by atomic mass is 35.5. The van der Waals surface area contributed by atoms with Gasteiger partial charge in [0.15, 0.2) is 0 Å². The van der Waals surface area contributed by atoms with Gasteiger partial charge >= 0.3 is 0 Å². The minimum absolute atomic E-state index is 0.0255. The van der Waals surface area contributed by atoms with E-state index >= 15 is 0 Å². The Labute approximate surface area is 118 Å². The zero-order chi connectivity index (χ0) is 14.0. The monoisotopic (exact) mass is 321 g/mol. The third kappa shape index (κ3) is 3.24. The maximum Gasteiger partial charge on any atom is 0.271 e. The zero-order valence-electron chi connectivity index (χ0n) is 9.43. The molecule has 4 nitrogen and oxygen atoms in total. The summed E-state index contributed by atoms with van der Waals surface area (Å²) in [5.41, 5.74) is 0.609. The molecular formula is C11H9ClFNO3S2. The Morgan fingerprint density at radius 2 is 2.11 bits per heavy atom. The van der Waals surface area contributed by atoms with E-state index in [1.165, 1.54) is 12.1 Å². The fourth-order valence-corrected chi connectivity index (χ4v) is 3.90. The molecule has 102 valence electrons. The molecule has 0 aliphatic heterocycles. The van der Waals surface area contributed by atoms with Crippen LogP contribution in [0.1, 0.15) is 5.56 Å². The van der Waals surface area contributed by atoms with Gasteiger partial charge in [-0.2, -0.15) is 0 Å². The first kappa shape index (κ1) is 14.3. The first-order valence-electron chi connectivity index (χ1n) is 5.08. The van der Waals surface area contributed by atoms with Gasteiger partial charge in [0.2, 0.25) is 0 Å². The summed E-state index contributed by atoms with van der Waals surface area (Å²) in [6.07, 6.45) is 0. The van der Waals surface area contributed by atoms with Gasteiger partial charge in [-0.15, -0.1) is 11.3 Å². The van der Waals surface area contributed by atoms with Crippen molar-refractivity contribution in [3.63, 3.8) is 0 Å². The Morgan fingerprint density at radius 3 is 2.68 bits per heavy atom. The van der Waals surface area contributed by atoms with Crippen molar-refractivity contribution in [2.45, 2.75) is 10.8 Å². The van der Waals surface area contributed by atoms with Gasteiger partial charge in [0.1, 0.15) is 10.0 Å². The molecule has 2 rings (SSSR count). The van der Waals surface area contributed by atoms with Crippen molar-refractivity contribution in [3.05, 3.63) is 46.0 Å². The molecular weight excluding hydrogens is 313 g/mol. The molecule has 2 aromatic rings. The van der Waals surface area contributed by atoms with E-state index in [2.05, 4.69) is 4.72 Å². The summed E-state index contributed by atoms with van der Waals surface area (Å²) in [4.78, 5) is 0. The highest BCUT2D eigenvalue weighted by molar-refractivity contribution is 7.94. The molecule has 1 aromatic heterocycles. The Bertz CT molecular complexity index is 700. The van der Waals surface area contributed by atoms with Crippen molar-refractivity contribution < 1.29 is 17.9 Å². The molecule has 0 radical (unpaired) electrons. The minimum Gasteiger partial charge on any atom is -0.392 e. The van der Waals surface area contributed by atoms with Crippen LogP contribution in [0.15, 0.2) is 33.9 Å². The van der Waals surface area contributed by atoms with Crippen LogP contribution in [0, 0.1) is 5.82 Å². The Kier molecular flexibility index (Phi) is 4.10. The molecule has 8 heteroatoms. The topological polar surface area (TPSA) is 66.4 Å². The van der Waals surface area contributed by atoms with Gasteiger partial charge in [0, 0.05) is 0 Å². The van der Waals surface area contributed by atoms with Crippen molar-refractivity contribution in [3.8, 4) is 0 Å². The van der Waals surface area contributed by atoms with Crippen LogP contribution < -0.4 is 4.72 Å². The van der Waals surface area contributed by atoms with Crippen molar-refractivity contribution in [1.82, 2.24) is 0 Å². The molecule has 0 saturated carbocycles. The summed E-state index contributed by atoms with van der Waals surface area (Å²) in [5, 5.41) is 10.4. The number of nitrogens with one attached hydrogen (secondary N) is 1. The molecule has 0 saturated heterocycles. The van der Waals surface area contributed by atoms with Crippen LogP contribution in [0.5, 0.6) is 0 Å². The fourth-order valence-electron chi connectivity index (χ4n) is 1.34. The van der Waals surface area contributed by atoms with Crippen molar-refractivity contribution in [2.75, 3.05) is 4.72 Å². The van der Waals surface area contributed by atoms with Crippen LogP contribution in [0.4, 0.5) is 10.1 Å². The Balaban J connectivity index is 2.30. The zero-order valence-corrected chi connectivity index (χ0v) is 11.8. The summed E-state index contributed by atoms with van der Waals surface area (Å²) in [7, 11) is -3.79. The first-order chi connectivity index (χ1) is 8.92. The number of thiophene rings is 1. The van der Waals surface area contributed by atoms with Gasteiger partial charge < -0.3 is 5.11 Å².